The van der Waals surface area contributed by atoms with Crippen LogP contribution in [0.1, 0.15) is 5.56 Å². The van der Waals surface area contributed by atoms with Crippen molar-refractivity contribution in [2.24, 2.45) is 0 Å². The molecule has 2 rings (SSSR count). The van der Waals surface area contributed by atoms with Crippen molar-refractivity contribution in [3.05, 3.63) is 36.4 Å². The average Bonchev–Trinajstić information content (AvgIpc) is 2.80. The SMILES string of the molecule is C=CCc1c(-c2ccc(OC)c(OC)c2)nsc1N. The van der Waals surface area contributed by atoms with E-state index in [2.05, 4.69) is 11.0 Å². The molecule has 19 heavy (non-hydrogen) atoms. The fraction of sp³-hybridized carbons (Fsp3) is 0.214. The first kappa shape index (κ1) is 13.4. The van der Waals surface area contributed by atoms with Crippen LogP contribution in [0.15, 0.2) is 30.9 Å². The van der Waals surface area contributed by atoms with Crippen molar-refractivity contribution in [2.75, 3.05) is 20.0 Å². The monoisotopic (exact) mass is 276 g/mol. The van der Waals surface area contributed by atoms with Crippen LogP contribution in [0.25, 0.3) is 11.3 Å². The lowest BCUT2D eigenvalue weighted by Gasteiger charge is -2.09. The summed E-state index contributed by atoms with van der Waals surface area (Å²) in [4.78, 5) is 0. The molecule has 0 atom stereocenters. The minimum absolute atomic E-state index is 0.677. The summed E-state index contributed by atoms with van der Waals surface area (Å²) in [5.74, 6) is 1.37. The normalized spacial score (nSPS) is 10.2. The summed E-state index contributed by atoms with van der Waals surface area (Å²) >= 11 is 1.30. The lowest BCUT2D eigenvalue weighted by Crippen LogP contribution is -1.93. The fourth-order valence-electron chi connectivity index (χ4n) is 1.87. The van der Waals surface area contributed by atoms with E-state index >= 15 is 0 Å². The van der Waals surface area contributed by atoms with Crippen LogP contribution in [0.3, 0.4) is 0 Å². The Morgan fingerprint density at radius 3 is 2.68 bits per heavy atom. The number of aromatic nitrogens is 1. The van der Waals surface area contributed by atoms with Crippen LogP contribution in [-0.4, -0.2) is 18.6 Å². The summed E-state index contributed by atoms with van der Waals surface area (Å²) in [6, 6.07) is 5.71. The summed E-state index contributed by atoms with van der Waals surface area (Å²) in [6.45, 7) is 3.75. The molecule has 1 aromatic heterocycles. The molecule has 0 saturated heterocycles. The minimum Gasteiger partial charge on any atom is -0.493 e. The van der Waals surface area contributed by atoms with Crippen LogP contribution in [0, 0.1) is 0 Å². The van der Waals surface area contributed by atoms with Crippen molar-refractivity contribution < 1.29 is 9.47 Å². The first-order valence-electron chi connectivity index (χ1n) is 5.78. The Labute approximate surface area is 116 Å². The number of ether oxygens (including phenoxy) is 2. The maximum absolute atomic E-state index is 5.94. The molecule has 2 aromatic rings. The van der Waals surface area contributed by atoms with Gasteiger partial charge in [0.15, 0.2) is 11.5 Å². The second-order valence-corrected chi connectivity index (χ2v) is 4.74. The molecule has 5 heteroatoms. The van der Waals surface area contributed by atoms with E-state index < -0.39 is 0 Å². The molecule has 0 aliphatic carbocycles. The molecular weight excluding hydrogens is 260 g/mol. The third-order valence-corrected chi connectivity index (χ3v) is 3.54. The Kier molecular flexibility index (Phi) is 4.06. The minimum atomic E-state index is 0.677. The lowest BCUT2D eigenvalue weighted by molar-refractivity contribution is 0.355. The number of nitrogens with two attached hydrogens (primary N) is 1. The molecule has 4 nitrogen and oxygen atoms in total. The van der Waals surface area contributed by atoms with Crippen molar-refractivity contribution in [3.63, 3.8) is 0 Å². The van der Waals surface area contributed by atoms with E-state index in [9.17, 15) is 0 Å². The van der Waals surface area contributed by atoms with Gasteiger partial charge in [-0.3, -0.25) is 0 Å². The van der Waals surface area contributed by atoms with Gasteiger partial charge in [0, 0.05) is 11.1 Å². The molecule has 0 amide bonds. The summed E-state index contributed by atoms with van der Waals surface area (Å²) in [5.41, 5.74) is 8.79. The third-order valence-electron chi connectivity index (χ3n) is 2.82. The van der Waals surface area contributed by atoms with Gasteiger partial charge in [0.05, 0.1) is 19.9 Å². The molecule has 1 aromatic carbocycles. The van der Waals surface area contributed by atoms with Crippen LogP contribution < -0.4 is 15.2 Å². The molecule has 0 aliphatic heterocycles. The number of allylic oxidation sites excluding steroid dienone is 1. The molecule has 0 aliphatic rings. The summed E-state index contributed by atoms with van der Waals surface area (Å²) in [6.07, 6.45) is 2.52. The molecule has 2 N–H and O–H groups in total. The van der Waals surface area contributed by atoms with Crippen molar-refractivity contribution in [1.29, 1.82) is 0 Å². The van der Waals surface area contributed by atoms with Gasteiger partial charge in [0.25, 0.3) is 0 Å². The number of hydrogen-bond acceptors (Lipinski definition) is 5. The highest BCUT2D eigenvalue weighted by Crippen LogP contribution is 2.36. The molecule has 1 heterocycles. The summed E-state index contributed by atoms with van der Waals surface area (Å²) in [5, 5.41) is 0.727. The van der Waals surface area contributed by atoms with Gasteiger partial charge >= 0.3 is 0 Å². The number of benzene rings is 1. The first-order chi connectivity index (χ1) is 9.21. The van der Waals surface area contributed by atoms with Gasteiger partial charge < -0.3 is 15.2 Å². The van der Waals surface area contributed by atoms with Gasteiger partial charge in [-0.25, -0.2) is 0 Å². The Morgan fingerprint density at radius 2 is 2.05 bits per heavy atom. The predicted octanol–water partition coefficient (Wildman–Crippen LogP) is 3.14. The quantitative estimate of drug-likeness (QED) is 0.852. The van der Waals surface area contributed by atoms with E-state index in [0.717, 1.165) is 21.8 Å². The van der Waals surface area contributed by atoms with Gasteiger partial charge in [-0.05, 0) is 36.2 Å². The zero-order valence-electron chi connectivity index (χ0n) is 11.0. The number of nitrogen functional groups attached to an aromatic ring is 1. The van der Waals surface area contributed by atoms with Crippen LogP contribution >= 0.6 is 11.5 Å². The molecule has 0 saturated carbocycles. The van der Waals surface area contributed by atoms with Gasteiger partial charge in [0.2, 0.25) is 0 Å². The van der Waals surface area contributed by atoms with Crippen molar-refractivity contribution >= 4 is 16.5 Å². The maximum atomic E-state index is 5.94. The number of rotatable bonds is 5. The second kappa shape index (κ2) is 5.75. The lowest BCUT2D eigenvalue weighted by atomic mass is 10.0. The summed E-state index contributed by atoms with van der Waals surface area (Å²) in [7, 11) is 3.23. The van der Waals surface area contributed by atoms with Gasteiger partial charge in [0.1, 0.15) is 5.00 Å². The van der Waals surface area contributed by atoms with Crippen LogP contribution in [0.5, 0.6) is 11.5 Å². The standard InChI is InChI=1S/C14H16N2O2S/c1-4-5-10-13(16-19-14(10)15)9-6-7-11(17-2)12(8-9)18-3/h4,6-8H,1,5,15H2,2-3H3. The highest BCUT2D eigenvalue weighted by Gasteiger charge is 2.14. The second-order valence-electron chi connectivity index (χ2n) is 3.94. The van der Waals surface area contributed by atoms with E-state index in [1.165, 1.54) is 11.5 Å². The van der Waals surface area contributed by atoms with E-state index in [0.29, 0.717) is 17.9 Å². The van der Waals surface area contributed by atoms with Crippen molar-refractivity contribution in [3.8, 4) is 22.8 Å². The third kappa shape index (κ3) is 2.56. The van der Waals surface area contributed by atoms with E-state index in [4.69, 9.17) is 15.2 Å². The van der Waals surface area contributed by atoms with Gasteiger partial charge in [-0.15, -0.1) is 6.58 Å². The van der Waals surface area contributed by atoms with Crippen LogP contribution in [-0.2, 0) is 6.42 Å². The summed E-state index contributed by atoms with van der Waals surface area (Å²) < 4.78 is 14.9. The Morgan fingerprint density at radius 1 is 1.32 bits per heavy atom. The number of anilines is 1. The van der Waals surface area contributed by atoms with E-state index in [1.807, 2.05) is 24.3 Å². The zero-order valence-corrected chi connectivity index (χ0v) is 11.8. The number of hydrogen-bond donors (Lipinski definition) is 1. The van der Waals surface area contributed by atoms with E-state index in [-0.39, 0.29) is 0 Å². The smallest absolute Gasteiger partial charge is 0.161 e. The molecular formula is C14H16N2O2S. The molecule has 0 unspecified atom stereocenters. The predicted molar refractivity (Wildman–Crippen MR) is 79.0 cm³/mol. The van der Waals surface area contributed by atoms with Crippen LogP contribution in [0.4, 0.5) is 5.00 Å². The Bertz CT molecular complexity index is 593. The highest BCUT2D eigenvalue weighted by molar-refractivity contribution is 7.10. The Balaban J connectivity index is 2.50. The van der Waals surface area contributed by atoms with Crippen molar-refractivity contribution in [2.45, 2.75) is 6.42 Å². The molecule has 0 spiro atoms. The molecule has 0 bridgehead atoms. The first-order valence-corrected chi connectivity index (χ1v) is 6.56. The maximum Gasteiger partial charge on any atom is 0.161 e. The Hall–Kier alpha value is -2.01. The highest BCUT2D eigenvalue weighted by atomic mass is 32.1. The largest absolute Gasteiger partial charge is 0.493 e. The van der Waals surface area contributed by atoms with Crippen molar-refractivity contribution in [1.82, 2.24) is 4.37 Å². The topological polar surface area (TPSA) is 57.4 Å². The van der Waals surface area contributed by atoms with Gasteiger partial charge in [-0.1, -0.05) is 6.08 Å². The average molecular weight is 276 g/mol. The number of nitrogens with zero attached hydrogens (tertiary/aromatic N) is 1. The van der Waals surface area contributed by atoms with Crippen LogP contribution in [0.2, 0.25) is 0 Å². The molecule has 0 fully saturated rings. The number of methoxy groups -OCH3 is 2. The zero-order chi connectivity index (χ0) is 13.8. The molecule has 0 radical (unpaired) electrons. The fourth-order valence-corrected chi connectivity index (χ4v) is 2.57. The molecule has 100 valence electrons. The van der Waals surface area contributed by atoms with E-state index in [1.54, 1.807) is 14.2 Å². The van der Waals surface area contributed by atoms with Gasteiger partial charge in [-0.2, -0.15) is 4.37 Å².